The van der Waals surface area contributed by atoms with Gasteiger partial charge in [-0.1, -0.05) is 26.7 Å². The number of aryl methyl sites for hydroxylation is 1. The maximum Gasteiger partial charge on any atom is 0.234 e. The van der Waals surface area contributed by atoms with Crippen molar-refractivity contribution in [2.75, 3.05) is 13.6 Å². The van der Waals surface area contributed by atoms with E-state index in [0.29, 0.717) is 24.4 Å². The first-order valence-electron chi connectivity index (χ1n) is 7.91. The molecule has 5 heteroatoms. The van der Waals surface area contributed by atoms with Gasteiger partial charge < -0.3 is 5.32 Å². The molecule has 1 amide bonds. The second-order valence-corrected chi connectivity index (χ2v) is 6.64. The van der Waals surface area contributed by atoms with Gasteiger partial charge in [-0.25, -0.2) is 0 Å². The Hall–Kier alpha value is -1.36. The number of hydrogen-bond acceptors (Lipinski definition) is 3. The minimum absolute atomic E-state index is 0.132. The van der Waals surface area contributed by atoms with Crippen molar-refractivity contribution in [1.29, 1.82) is 0 Å². The van der Waals surface area contributed by atoms with Crippen molar-refractivity contribution in [3.63, 3.8) is 0 Å². The van der Waals surface area contributed by atoms with Crippen LogP contribution in [0.4, 0.5) is 0 Å². The van der Waals surface area contributed by atoms with Crippen molar-refractivity contribution < 1.29 is 4.79 Å². The molecule has 1 N–H and O–H groups in total. The Balaban J connectivity index is 1.78. The molecule has 1 aliphatic rings. The minimum Gasteiger partial charge on any atom is -0.352 e. The molecule has 1 saturated carbocycles. The van der Waals surface area contributed by atoms with E-state index in [9.17, 15) is 4.79 Å². The molecule has 2 rings (SSSR count). The van der Waals surface area contributed by atoms with E-state index in [0.717, 1.165) is 18.5 Å². The Labute approximate surface area is 127 Å². The van der Waals surface area contributed by atoms with Gasteiger partial charge >= 0.3 is 0 Å². The lowest BCUT2D eigenvalue weighted by Gasteiger charge is -2.35. The summed E-state index contributed by atoms with van der Waals surface area (Å²) in [6.07, 6.45) is 7.46. The number of nitrogens with one attached hydrogen (secondary N) is 1. The average molecular weight is 292 g/mol. The molecular formula is C16H28N4O. The normalized spacial score (nSPS) is 26.0. The number of carbonyl (C=O) groups excluding carboxylic acids is 1. The summed E-state index contributed by atoms with van der Waals surface area (Å²) in [7, 11) is 3.88. The summed E-state index contributed by atoms with van der Waals surface area (Å²) < 4.78 is 1.79. The van der Waals surface area contributed by atoms with Gasteiger partial charge in [-0.05, 0) is 25.3 Å². The quantitative estimate of drug-likeness (QED) is 0.900. The molecule has 0 bridgehead atoms. The summed E-state index contributed by atoms with van der Waals surface area (Å²) in [6.45, 7) is 5.73. The Morgan fingerprint density at radius 1 is 1.48 bits per heavy atom. The number of carbonyl (C=O) groups is 1. The highest BCUT2D eigenvalue weighted by molar-refractivity contribution is 5.78. The number of likely N-dealkylation sites (N-methyl/N-ethyl adjacent to an activating group) is 1. The largest absolute Gasteiger partial charge is 0.352 e. The number of hydrogen-bond donors (Lipinski definition) is 1. The summed E-state index contributed by atoms with van der Waals surface area (Å²) in [5.41, 5.74) is 1.13. The van der Waals surface area contributed by atoms with E-state index >= 15 is 0 Å². The molecule has 0 aliphatic heterocycles. The molecule has 1 aromatic rings. The molecule has 0 radical (unpaired) electrons. The maximum absolute atomic E-state index is 12.2. The van der Waals surface area contributed by atoms with Crippen molar-refractivity contribution >= 4 is 5.91 Å². The van der Waals surface area contributed by atoms with E-state index in [1.807, 2.05) is 31.4 Å². The third-order valence-electron chi connectivity index (χ3n) is 4.68. The van der Waals surface area contributed by atoms with Gasteiger partial charge in [-0.15, -0.1) is 0 Å². The van der Waals surface area contributed by atoms with Crippen LogP contribution >= 0.6 is 0 Å². The minimum atomic E-state index is 0.132. The van der Waals surface area contributed by atoms with Crippen molar-refractivity contribution in [2.24, 2.45) is 18.9 Å². The molecule has 21 heavy (non-hydrogen) atoms. The highest BCUT2D eigenvalue weighted by Gasteiger charge is 2.28. The van der Waals surface area contributed by atoms with Crippen LogP contribution in [0.2, 0.25) is 0 Å². The van der Waals surface area contributed by atoms with Gasteiger partial charge in [0.05, 0.1) is 12.7 Å². The zero-order valence-electron chi connectivity index (χ0n) is 13.7. The average Bonchev–Trinajstić information content (AvgIpc) is 2.80. The molecule has 5 nitrogen and oxygen atoms in total. The third-order valence-corrected chi connectivity index (χ3v) is 4.68. The predicted octanol–water partition coefficient (Wildman–Crippen LogP) is 1.79. The van der Waals surface area contributed by atoms with Crippen LogP contribution in [0.1, 0.15) is 38.7 Å². The van der Waals surface area contributed by atoms with Gasteiger partial charge in [0.25, 0.3) is 0 Å². The standard InChI is InChI=1S/C16H28N4O/c1-12-6-5-7-15(13(12)2)18-16(21)11-19(3)9-14-8-17-20(4)10-14/h8,10,12-13,15H,5-7,9,11H2,1-4H3,(H,18,21). The Bertz CT molecular complexity index is 471. The topological polar surface area (TPSA) is 50.2 Å². The zero-order valence-corrected chi connectivity index (χ0v) is 13.7. The lowest BCUT2D eigenvalue weighted by Crippen LogP contribution is -2.46. The van der Waals surface area contributed by atoms with Gasteiger partial charge in [0.2, 0.25) is 5.91 Å². The zero-order chi connectivity index (χ0) is 15.4. The summed E-state index contributed by atoms with van der Waals surface area (Å²) in [5.74, 6) is 1.41. The van der Waals surface area contributed by atoms with E-state index in [-0.39, 0.29) is 5.91 Å². The van der Waals surface area contributed by atoms with Gasteiger partial charge in [0, 0.05) is 31.4 Å². The van der Waals surface area contributed by atoms with Gasteiger partial charge in [0.1, 0.15) is 0 Å². The van der Waals surface area contributed by atoms with Crippen molar-refractivity contribution in [2.45, 2.75) is 45.7 Å². The van der Waals surface area contributed by atoms with Gasteiger partial charge in [0.15, 0.2) is 0 Å². The number of amides is 1. The molecule has 3 unspecified atom stereocenters. The van der Waals surface area contributed by atoms with Crippen LogP contribution in [-0.4, -0.2) is 40.2 Å². The lowest BCUT2D eigenvalue weighted by atomic mass is 9.78. The number of rotatable bonds is 5. The van der Waals surface area contributed by atoms with Crippen molar-refractivity contribution in [3.05, 3.63) is 18.0 Å². The summed E-state index contributed by atoms with van der Waals surface area (Å²) in [6, 6.07) is 0.341. The van der Waals surface area contributed by atoms with E-state index in [1.165, 1.54) is 12.8 Å². The van der Waals surface area contributed by atoms with Crippen LogP contribution in [0.15, 0.2) is 12.4 Å². The van der Waals surface area contributed by atoms with Gasteiger partial charge in [-0.2, -0.15) is 5.10 Å². The monoisotopic (exact) mass is 292 g/mol. The highest BCUT2D eigenvalue weighted by atomic mass is 16.2. The van der Waals surface area contributed by atoms with Crippen LogP contribution in [0.3, 0.4) is 0 Å². The molecular weight excluding hydrogens is 264 g/mol. The maximum atomic E-state index is 12.2. The summed E-state index contributed by atoms with van der Waals surface area (Å²) >= 11 is 0. The fourth-order valence-electron chi connectivity index (χ4n) is 3.20. The molecule has 0 saturated heterocycles. The summed E-state index contributed by atoms with van der Waals surface area (Å²) in [5, 5.41) is 7.37. The molecule has 1 aromatic heterocycles. The Morgan fingerprint density at radius 3 is 2.90 bits per heavy atom. The van der Waals surface area contributed by atoms with Crippen molar-refractivity contribution in [1.82, 2.24) is 20.0 Å². The Morgan fingerprint density at radius 2 is 2.24 bits per heavy atom. The van der Waals surface area contributed by atoms with Crippen LogP contribution in [-0.2, 0) is 18.4 Å². The second-order valence-electron chi connectivity index (χ2n) is 6.64. The molecule has 1 aliphatic carbocycles. The molecule has 1 fully saturated rings. The molecule has 1 heterocycles. The first-order chi connectivity index (χ1) is 9.95. The van der Waals surface area contributed by atoms with E-state index < -0.39 is 0 Å². The fraction of sp³-hybridized carbons (Fsp3) is 0.750. The number of aromatic nitrogens is 2. The molecule has 0 spiro atoms. The van der Waals surface area contributed by atoms with Crippen molar-refractivity contribution in [3.8, 4) is 0 Å². The van der Waals surface area contributed by atoms with E-state index in [1.54, 1.807) is 4.68 Å². The SMILES string of the molecule is CC1CCCC(NC(=O)CN(C)Cc2cnn(C)c2)C1C. The van der Waals surface area contributed by atoms with Crippen LogP contribution in [0.25, 0.3) is 0 Å². The highest BCUT2D eigenvalue weighted by Crippen LogP contribution is 2.29. The second kappa shape index (κ2) is 7.07. The van der Waals surface area contributed by atoms with Gasteiger partial charge in [-0.3, -0.25) is 14.4 Å². The Kier molecular flexibility index (Phi) is 5.39. The summed E-state index contributed by atoms with van der Waals surface area (Å²) in [4.78, 5) is 14.2. The molecule has 118 valence electrons. The fourth-order valence-corrected chi connectivity index (χ4v) is 3.20. The van der Waals surface area contributed by atoms with Crippen LogP contribution in [0, 0.1) is 11.8 Å². The van der Waals surface area contributed by atoms with E-state index in [4.69, 9.17) is 0 Å². The van der Waals surface area contributed by atoms with E-state index in [2.05, 4.69) is 24.3 Å². The van der Waals surface area contributed by atoms with Crippen LogP contribution < -0.4 is 5.32 Å². The van der Waals surface area contributed by atoms with Crippen LogP contribution in [0.5, 0.6) is 0 Å². The first-order valence-corrected chi connectivity index (χ1v) is 7.91. The lowest BCUT2D eigenvalue weighted by molar-refractivity contribution is -0.123. The molecule has 3 atom stereocenters. The predicted molar refractivity (Wildman–Crippen MR) is 83.7 cm³/mol. The smallest absolute Gasteiger partial charge is 0.234 e. The number of nitrogens with zero attached hydrogens (tertiary/aromatic N) is 3. The first kappa shape index (κ1) is 16.0. The third kappa shape index (κ3) is 4.56. The molecule has 0 aromatic carbocycles.